The van der Waals surface area contributed by atoms with Gasteiger partial charge in [-0.15, -0.1) is 0 Å². The van der Waals surface area contributed by atoms with Crippen LogP contribution in [-0.4, -0.2) is 36.3 Å². The molecule has 0 unspecified atom stereocenters. The molecule has 1 aliphatic rings. The summed E-state index contributed by atoms with van der Waals surface area (Å²) in [4.78, 5) is 0. The van der Waals surface area contributed by atoms with Crippen molar-refractivity contribution in [3.63, 3.8) is 0 Å². The average molecular weight is 147 g/mol. The molecule has 1 rings (SSSR count). The molecular weight excluding hydrogens is 134 g/mol. The van der Waals surface area contributed by atoms with Gasteiger partial charge in [-0.1, -0.05) is 0 Å². The van der Waals surface area contributed by atoms with Gasteiger partial charge in [0.05, 0.1) is 6.10 Å². The van der Waals surface area contributed by atoms with E-state index in [-0.39, 0.29) is 6.10 Å². The van der Waals surface area contributed by atoms with Crippen molar-refractivity contribution in [3.05, 3.63) is 0 Å². The molecule has 0 bridgehead atoms. The second kappa shape index (κ2) is 3.44. The fraction of sp³-hybridized carbons (Fsp3) is 1.00. The van der Waals surface area contributed by atoms with Crippen molar-refractivity contribution in [1.29, 1.82) is 0 Å². The molecule has 0 saturated carbocycles. The fourth-order valence-corrected chi connectivity index (χ4v) is 1.87. The SMILES string of the molecule is CSC[C@H]1CNC[C@H]1O. The van der Waals surface area contributed by atoms with Crippen LogP contribution in [0.2, 0.25) is 0 Å². The lowest BCUT2D eigenvalue weighted by Crippen LogP contribution is -2.19. The van der Waals surface area contributed by atoms with Gasteiger partial charge in [-0.2, -0.15) is 11.8 Å². The fourth-order valence-electron chi connectivity index (χ4n) is 1.10. The molecule has 2 atom stereocenters. The second-order valence-electron chi connectivity index (χ2n) is 2.44. The topological polar surface area (TPSA) is 32.3 Å². The van der Waals surface area contributed by atoms with Crippen LogP contribution in [0.5, 0.6) is 0 Å². The Kier molecular flexibility index (Phi) is 2.82. The van der Waals surface area contributed by atoms with Crippen LogP contribution in [0.1, 0.15) is 0 Å². The first-order chi connectivity index (χ1) is 4.34. The van der Waals surface area contributed by atoms with E-state index >= 15 is 0 Å². The molecule has 0 amide bonds. The summed E-state index contributed by atoms with van der Waals surface area (Å²) < 4.78 is 0. The van der Waals surface area contributed by atoms with E-state index in [1.54, 1.807) is 11.8 Å². The average Bonchev–Trinajstić information content (AvgIpc) is 2.18. The molecule has 3 heteroatoms. The number of rotatable bonds is 2. The van der Waals surface area contributed by atoms with Crippen LogP contribution in [-0.2, 0) is 0 Å². The third-order valence-electron chi connectivity index (χ3n) is 1.68. The van der Waals surface area contributed by atoms with Crippen molar-refractivity contribution >= 4 is 11.8 Å². The van der Waals surface area contributed by atoms with E-state index in [1.807, 2.05) is 0 Å². The van der Waals surface area contributed by atoms with Crippen LogP contribution in [0.4, 0.5) is 0 Å². The van der Waals surface area contributed by atoms with Crippen molar-refractivity contribution < 1.29 is 5.11 Å². The van der Waals surface area contributed by atoms with Gasteiger partial charge in [0.1, 0.15) is 0 Å². The van der Waals surface area contributed by atoms with Crippen LogP contribution in [0.15, 0.2) is 0 Å². The minimum atomic E-state index is -0.0996. The number of β-amino-alcohol motifs (C(OH)–C–C–N with tert-alkyl or cyclic N) is 1. The Bertz CT molecular complexity index is 89.1. The molecule has 0 aliphatic carbocycles. The molecule has 2 N–H and O–H groups in total. The summed E-state index contributed by atoms with van der Waals surface area (Å²) in [6.07, 6.45) is 1.97. The molecule has 0 aromatic heterocycles. The van der Waals surface area contributed by atoms with Gasteiger partial charge in [-0.25, -0.2) is 0 Å². The van der Waals surface area contributed by atoms with Crippen LogP contribution in [0.25, 0.3) is 0 Å². The summed E-state index contributed by atoms with van der Waals surface area (Å²) in [6.45, 7) is 1.77. The van der Waals surface area contributed by atoms with E-state index in [0.29, 0.717) is 5.92 Å². The maximum atomic E-state index is 9.24. The van der Waals surface area contributed by atoms with Gasteiger partial charge >= 0.3 is 0 Å². The highest BCUT2D eigenvalue weighted by Gasteiger charge is 2.23. The molecule has 54 valence electrons. The van der Waals surface area contributed by atoms with Crippen molar-refractivity contribution in [1.82, 2.24) is 5.32 Å². The number of hydrogen-bond donors (Lipinski definition) is 2. The standard InChI is InChI=1S/C6H13NOS/c1-9-4-5-2-7-3-6(5)8/h5-8H,2-4H2,1H3/t5-,6-/m1/s1. The highest BCUT2D eigenvalue weighted by atomic mass is 32.2. The van der Waals surface area contributed by atoms with Crippen molar-refractivity contribution in [2.24, 2.45) is 5.92 Å². The van der Waals surface area contributed by atoms with E-state index in [1.165, 1.54) is 0 Å². The Morgan fingerprint density at radius 1 is 1.67 bits per heavy atom. The largest absolute Gasteiger partial charge is 0.391 e. The lowest BCUT2D eigenvalue weighted by atomic mass is 10.1. The molecule has 1 aliphatic heterocycles. The molecule has 0 aromatic rings. The van der Waals surface area contributed by atoms with Crippen molar-refractivity contribution in [2.75, 3.05) is 25.1 Å². The Morgan fingerprint density at radius 2 is 2.44 bits per heavy atom. The van der Waals surface area contributed by atoms with Gasteiger partial charge in [0.2, 0.25) is 0 Å². The third-order valence-corrected chi connectivity index (χ3v) is 2.45. The lowest BCUT2D eigenvalue weighted by Gasteiger charge is -2.09. The molecule has 9 heavy (non-hydrogen) atoms. The highest BCUT2D eigenvalue weighted by Crippen LogP contribution is 2.13. The zero-order valence-electron chi connectivity index (χ0n) is 5.63. The van der Waals surface area contributed by atoms with Crippen LogP contribution in [0, 0.1) is 5.92 Å². The monoisotopic (exact) mass is 147 g/mol. The van der Waals surface area contributed by atoms with E-state index in [4.69, 9.17) is 0 Å². The van der Waals surface area contributed by atoms with Gasteiger partial charge in [0.15, 0.2) is 0 Å². The predicted octanol–water partition coefficient (Wildman–Crippen LogP) is -0.0703. The second-order valence-corrected chi connectivity index (χ2v) is 3.35. The van der Waals surface area contributed by atoms with Crippen molar-refractivity contribution in [2.45, 2.75) is 6.10 Å². The van der Waals surface area contributed by atoms with Gasteiger partial charge in [-0.3, -0.25) is 0 Å². The molecule has 1 saturated heterocycles. The quantitative estimate of drug-likeness (QED) is 0.573. The Labute approximate surface area is 60.0 Å². The summed E-state index contributed by atoms with van der Waals surface area (Å²) >= 11 is 1.80. The first-order valence-corrected chi connectivity index (χ1v) is 4.61. The summed E-state index contributed by atoms with van der Waals surface area (Å²) in [5, 5.41) is 12.4. The number of aliphatic hydroxyl groups is 1. The summed E-state index contributed by atoms with van der Waals surface area (Å²) in [5.41, 5.74) is 0. The van der Waals surface area contributed by atoms with E-state index < -0.39 is 0 Å². The minimum absolute atomic E-state index is 0.0996. The Morgan fingerprint density at radius 3 is 2.89 bits per heavy atom. The molecule has 1 fully saturated rings. The normalized spacial score (nSPS) is 35.3. The van der Waals surface area contributed by atoms with Gasteiger partial charge in [0, 0.05) is 19.0 Å². The molecule has 0 radical (unpaired) electrons. The summed E-state index contributed by atoms with van der Waals surface area (Å²) in [7, 11) is 0. The predicted molar refractivity (Wildman–Crippen MR) is 40.7 cm³/mol. The molecule has 0 spiro atoms. The number of hydrogen-bond acceptors (Lipinski definition) is 3. The smallest absolute Gasteiger partial charge is 0.0712 e. The zero-order chi connectivity index (χ0) is 6.69. The van der Waals surface area contributed by atoms with E-state index in [9.17, 15) is 5.11 Å². The summed E-state index contributed by atoms with van der Waals surface area (Å²) in [6, 6.07) is 0. The van der Waals surface area contributed by atoms with Crippen LogP contribution in [0.3, 0.4) is 0 Å². The lowest BCUT2D eigenvalue weighted by molar-refractivity contribution is 0.158. The maximum absolute atomic E-state index is 9.24. The molecule has 0 aromatic carbocycles. The Hall–Kier alpha value is 0.270. The first-order valence-electron chi connectivity index (χ1n) is 3.22. The first kappa shape index (κ1) is 7.38. The van der Waals surface area contributed by atoms with Crippen LogP contribution < -0.4 is 5.32 Å². The number of nitrogens with one attached hydrogen (secondary N) is 1. The van der Waals surface area contributed by atoms with Crippen LogP contribution >= 0.6 is 11.8 Å². The number of thioether (sulfide) groups is 1. The maximum Gasteiger partial charge on any atom is 0.0712 e. The number of aliphatic hydroxyl groups excluding tert-OH is 1. The zero-order valence-corrected chi connectivity index (χ0v) is 6.45. The third kappa shape index (κ3) is 1.85. The van der Waals surface area contributed by atoms with E-state index in [2.05, 4.69) is 11.6 Å². The van der Waals surface area contributed by atoms with Gasteiger partial charge in [0.25, 0.3) is 0 Å². The molecule has 2 nitrogen and oxygen atoms in total. The highest BCUT2D eigenvalue weighted by molar-refractivity contribution is 7.98. The minimum Gasteiger partial charge on any atom is -0.391 e. The van der Waals surface area contributed by atoms with Crippen molar-refractivity contribution in [3.8, 4) is 0 Å². The molecular formula is C6H13NOS. The van der Waals surface area contributed by atoms with E-state index in [0.717, 1.165) is 18.8 Å². The Balaban J connectivity index is 2.22. The van der Waals surface area contributed by atoms with Gasteiger partial charge in [-0.05, 0) is 12.0 Å². The van der Waals surface area contributed by atoms with Gasteiger partial charge < -0.3 is 10.4 Å². The molecule has 1 heterocycles. The summed E-state index contributed by atoms with van der Waals surface area (Å²) in [5.74, 6) is 1.56.